The van der Waals surface area contributed by atoms with E-state index in [9.17, 15) is 9.18 Å². The van der Waals surface area contributed by atoms with Crippen LogP contribution in [0, 0.1) is 17.5 Å². The largest absolute Gasteiger partial charge is 0.461 e. The summed E-state index contributed by atoms with van der Waals surface area (Å²) < 4.78 is 58.0. The molecular weight excluding hydrogens is 609 g/mol. The van der Waals surface area contributed by atoms with Gasteiger partial charge in [-0.2, -0.15) is 9.97 Å². The van der Waals surface area contributed by atoms with E-state index in [1.807, 2.05) is 32.7 Å². The summed E-state index contributed by atoms with van der Waals surface area (Å²) in [5.74, 6) is -2.48. The first-order valence-electron chi connectivity index (χ1n) is 16.3. The lowest BCUT2D eigenvalue weighted by atomic mass is 9.95. The monoisotopic (exact) mass is 648 g/mol. The third kappa shape index (κ3) is 5.70. The predicted octanol–water partition coefficient (Wildman–Crippen LogP) is 6.72. The van der Waals surface area contributed by atoms with Gasteiger partial charge in [-0.05, 0) is 77.4 Å². The van der Waals surface area contributed by atoms with Crippen LogP contribution in [0.5, 0.6) is 6.01 Å². The average Bonchev–Trinajstić information content (AvgIpc) is 3.77. The topological polar surface area (TPSA) is 83.9 Å². The molecule has 7 rings (SSSR count). The number of likely N-dealkylation sites (N-methyl/N-ethyl adjacent to an activating group) is 1. The number of benzene rings is 2. The molecule has 1 amide bonds. The summed E-state index contributed by atoms with van der Waals surface area (Å²) in [6, 6.07) is 7.19. The lowest BCUT2D eigenvalue weighted by Crippen LogP contribution is -2.43. The minimum Gasteiger partial charge on any atom is -0.461 e. The SMILES string of the molecule is CN(c1nc(OCC23CCCN2CCC3)nc2c(F)c(-c3cccc4ccc(F)c(F)c34)ncc12)[C@@H]1CCN(C(=O)OC(C)(C)C)C1. The summed E-state index contributed by atoms with van der Waals surface area (Å²) in [5.41, 5.74) is -0.783. The van der Waals surface area contributed by atoms with Gasteiger partial charge >= 0.3 is 12.1 Å². The Morgan fingerprint density at radius 1 is 1.04 bits per heavy atom. The molecule has 5 heterocycles. The number of carbonyl (C=O) groups is 1. The second kappa shape index (κ2) is 11.8. The molecule has 4 aromatic rings. The Hall–Kier alpha value is -4.19. The van der Waals surface area contributed by atoms with Crippen LogP contribution in [0.15, 0.2) is 36.5 Å². The van der Waals surface area contributed by atoms with Gasteiger partial charge in [-0.25, -0.2) is 18.0 Å². The second-order valence-electron chi connectivity index (χ2n) is 14.0. The molecule has 0 spiro atoms. The number of aromatic nitrogens is 3. The molecular formula is C35H39F3N6O3. The van der Waals surface area contributed by atoms with E-state index in [1.165, 1.54) is 18.3 Å². The number of nitrogens with zero attached hydrogens (tertiary/aromatic N) is 6. The van der Waals surface area contributed by atoms with Gasteiger partial charge in [0.05, 0.1) is 10.9 Å². The van der Waals surface area contributed by atoms with Crippen LogP contribution < -0.4 is 9.64 Å². The minimum atomic E-state index is -1.07. The summed E-state index contributed by atoms with van der Waals surface area (Å²) in [4.78, 5) is 32.6. The van der Waals surface area contributed by atoms with E-state index < -0.39 is 29.1 Å². The Labute approximate surface area is 271 Å². The van der Waals surface area contributed by atoms with Gasteiger partial charge in [-0.1, -0.05) is 24.3 Å². The summed E-state index contributed by atoms with van der Waals surface area (Å²) in [5, 5.41) is 0.698. The van der Waals surface area contributed by atoms with Gasteiger partial charge in [0.1, 0.15) is 29.2 Å². The van der Waals surface area contributed by atoms with Crippen molar-refractivity contribution in [3.63, 3.8) is 0 Å². The summed E-state index contributed by atoms with van der Waals surface area (Å²) >= 11 is 0. The van der Waals surface area contributed by atoms with Gasteiger partial charge in [0, 0.05) is 43.3 Å². The number of rotatable bonds is 6. The highest BCUT2D eigenvalue weighted by atomic mass is 19.2. The van der Waals surface area contributed by atoms with E-state index >= 15 is 8.78 Å². The van der Waals surface area contributed by atoms with E-state index in [-0.39, 0.29) is 39.8 Å². The van der Waals surface area contributed by atoms with Crippen LogP contribution >= 0.6 is 0 Å². The zero-order chi connectivity index (χ0) is 33.1. The number of likely N-dealkylation sites (tertiary alicyclic amines) is 1. The van der Waals surface area contributed by atoms with Crippen LogP contribution in [0.4, 0.5) is 23.8 Å². The molecule has 3 aliphatic heterocycles. The van der Waals surface area contributed by atoms with Gasteiger partial charge in [0.2, 0.25) is 0 Å². The van der Waals surface area contributed by atoms with Gasteiger partial charge < -0.3 is 19.3 Å². The molecule has 9 nitrogen and oxygen atoms in total. The first-order chi connectivity index (χ1) is 22.4. The first-order valence-corrected chi connectivity index (χ1v) is 16.3. The highest BCUT2D eigenvalue weighted by Gasteiger charge is 2.45. The molecule has 0 saturated carbocycles. The van der Waals surface area contributed by atoms with E-state index in [2.05, 4.69) is 14.9 Å². The number of pyridine rings is 1. The summed E-state index contributed by atoms with van der Waals surface area (Å²) in [7, 11) is 1.85. The van der Waals surface area contributed by atoms with Gasteiger partial charge in [0.25, 0.3) is 0 Å². The lowest BCUT2D eigenvalue weighted by molar-refractivity contribution is 0.0292. The standard InChI is InChI=1S/C35H39F3N6O3/c1-34(2,3)47-33(45)43-17-12-22(19-43)42(4)31-24-18-39-29(23-9-5-8-21-10-11-25(36)27(37)26(21)23)28(38)30(24)40-32(41-31)46-20-35-13-6-15-44(35)16-7-14-35/h5,8-11,18,22H,6-7,12-17,19-20H2,1-4H3/t22-/m1/s1. The normalized spacial score (nSPS) is 19.5. The third-order valence-corrected chi connectivity index (χ3v) is 9.81. The number of hydrogen-bond donors (Lipinski definition) is 0. The minimum absolute atomic E-state index is 0.0284. The van der Waals surface area contributed by atoms with Crippen molar-refractivity contribution < 1.29 is 27.4 Å². The fourth-order valence-corrected chi connectivity index (χ4v) is 7.43. The third-order valence-electron chi connectivity index (χ3n) is 9.81. The van der Waals surface area contributed by atoms with Crippen LogP contribution in [0.25, 0.3) is 32.9 Å². The number of ether oxygens (including phenoxy) is 2. The number of amides is 1. The Kier molecular flexibility index (Phi) is 7.89. The smallest absolute Gasteiger partial charge is 0.410 e. The molecule has 3 fully saturated rings. The molecule has 0 bridgehead atoms. The molecule has 1 atom stereocenters. The molecule has 0 N–H and O–H groups in total. The quantitative estimate of drug-likeness (QED) is 0.228. The van der Waals surface area contributed by atoms with E-state index in [0.29, 0.717) is 42.7 Å². The molecule has 0 radical (unpaired) electrons. The highest BCUT2D eigenvalue weighted by molar-refractivity contribution is 5.99. The fraction of sp³-hybridized carbons (Fsp3) is 0.486. The molecule has 0 aliphatic carbocycles. The Morgan fingerprint density at radius 2 is 1.81 bits per heavy atom. The maximum atomic E-state index is 16.7. The second-order valence-corrected chi connectivity index (χ2v) is 14.0. The van der Waals surface area contributed by atoms with Crippen LogP contribution in [-0.2, 0) is 4.74 Å². The summed E-state index contributed by atoms with van der Waals surface area (Å²) in [6.07, 6.45) is 5.94. The Morgan fingerprint density at radius 3 is 2.55 bits per heavy atom. The van der Waals surface area contributed by atoms with Crippen molar-refractivity contribution in [3.8, 4) is 17.3 Å². The van der Waals surface area contributed by atoms with Crippen molar-refractivity contribution in [2.24, 2.45) is 0 Å². The van der Waals surface area contributed by atoms with E-state index in [1.54, 1.807) is 17.0 Å². The number of fused-ring (bicyclic) bond motifs is 3. The summed E-state index contributed by atoms with van der Waals surface area (Å²) in [6.45, 7) is 8.80. The zero-order valence-corrected chi connectivity index (χ0v) is 27.2. The Balaban J connectivity index is 1.29. The van der Waals surface area contributed by atoms with Crippen molar-refractivity contribution in [1.29, 1.82) is 0 Å². The molecule has 47 heavy (non-hydrogen) atoms. The molecule has 3 aliphatic rings. The lowest BCUT2D eigenvalue weighted by Gasteiger charge is -2.31. The van der Waals surface area contributed by atoms with Crippen molar-refractivity contribution in [1.82, 2.24) is 24.8 Å². The van der Waals surface area contributed by atoms with Gasteiger partial charge in [-0.15, -0.1) is 0 Å². The number of anilines is 1. The van der Waals surface area contributed by atoms with Gasteiger partial charge in [-0.3, -0.25) is 9.88 Å². The molecule has 0 unspecified atom stereocenters. The average molecular weight is 649 g/mol. The molecule has 2 aromatic heterocycles. The van der Waals surface area contributed by atoms with Crippen molar-refractivity contribution >= 4 is 33.6 Å². The van der Waals surface area contributed by atoms with E-state index in [0.717, 1.165) is 44.8 Å². The van der Waals surface area contributed by atoms with Crippen molar-refractivity contribution in [2.75, 3.05) is 44.7 Å². The van der Waals surface area contributed by atoms with Crippen LogP contribution in [0.3, 0.4) is 0 Å². The molecule has 3 saturated heterocycles. The number of carbonyl (C=O) groups excluding carboxylic acids is 1. The van der Waals surface area contributed by atoms with Crippen LogP contribution in [-0.4, -0.2) is 87.9 Å². The van der Waals surface area contributed by atoms with Crippen molar-refractivity contribution in [2.45, 2.75) is 70.1 Å². The van der Waals surface area contributed by atoms with Crippen LogP contribution in [0.2, 0.25) is 0 Å². The molecule has 12 heteroatoms. The first kappa shape index (κ1) is 31.4. The maximum absolute atomic E-state index is 16.7. The Bertz CT molecular complexity index is 1850. The predicted molar refractivity (Wildman–Crippen MR) is 173 cm³/mol. The number of hydrogen-bond acceptors (Lipinski definition) is 8. The molecule has 248 valence electrons. The van der Waals surface area contributed by atoms with Gasteiger partial charge in [0.15, 0.2) is 17.5 Å². The zero-order valence-electron chi connectivity index (χ0n) is 27.2. The van der Waals surface area contributed by atoms with E-state index in [4.69, 9.17) is 14.5 Å². The van der Waals surface area contributed by atoms with Crippen molar-refractivity contribution in [3.05, 3.63) is 54.0 Å². The maximum Gasteiger partial charge on any atom is 0.410 e. The molecule has 2 aromatic carbocycles. The van der Waals surface area contributed by atoms with Crippen LogP contribution in [0.1, 0.15) is 52.9 Å². The fourth-order valence-electron chi connectivity index (χ4n) is 7.43. The highest BCUT2D eigenvalue weighted by Crippen LogP contribution is 2.40. The number of halogens is 3.